The summed E-state index contributed by atoms with van der Waals surface area (Å²) in [5, 5.41) is 6.70. The van der Waals surface area contributed by atoms with Gasteiger partial charge in [0.05, 0.1) is 19.8 Å². The predicted molar refractivity (Wildman–Crippen MR) is 117 cm³/mol. The molecule has 2 aromatic rings. The van der Waals surface area contributed by atoms with Crippen molar-refractivity contribution in [3.8, 4) is 11.5 Å². The molecule has 6 heteroatoms. The van der Waals surface area contributed by atoms with Crippen LogP contribution >= 0.6 is 0 Å². The van der Waals surface area contributed by atoms with Crippen LogP contribution in [0.15, 0.2) is 47.6 Å². The molecule has 0 bridgehead atoms. The zero-order chi connectivity index (χ0) is 20.3. The minimum absolute atomic E-state index is 0.301. The lowest BCUT2D eigenvalue weighted by Gasteiger charge is -2.17. The van der Waals surface area contributed by atoms with Crippen molar-refractivity contribution in [1.29, 1.82) is 0 Å². The molecule has 2 N–H and O–H groups in total. The second kappa shape index (κ2) is 11.3. The van der Waals surface area contributed by atoms with Gasteiger partial charge in [0.1, 0.15) is 11.5 Å². The van der Waals surface area contributed by atoms with Crippen LogP contribution in [0.3, 0.4) is 0 Å². The summed E-state index contributed by atoms with van der Waals surface area (Å²) in [6.45, 7) is 4.20. The Labute approximate surface area is 173 Å². The molecule has 1 aliphatic carbocycles. The highest BCUT2D eigenvalue weighted by molar-refractivity contribution is 5.79. The summed E-state index contributed by atoms with van der Waals surface area (Å²) < 4.78 is 11.7. The summed E-state index contributed by atoms with van der Waals surface area (Å²) in [6, 6.07) is 12.0. The van der Waals surface area contributed by atoms with Crippen LogP contribution in [-0.2, 0) is 13.0 Å². The van der Waals surface area contributed by atoms with Crippen molar-refractivity contribution in [1.82, 2.24) is 15.6 Å². The first-order valence-corrected chi connectivity index (χ1v) is 10.5. The number of ether oxygens (including phenoxy) is 2. The maximum absolute atomic E-state index is 6.28. The predicted octanol–water partition coefficient (Wildman–Crippen LogP) is 3.71. The number of aliphatic imine (C=N–C) groups is 1. The fraction of sp³-hybridized carbons (Fsp3) is 0.478. The Balaban J connectivity index is 1.63. The molecule has 0 unspecified atom stereocenters. The second-order valence-electron chi connectivity index (χ2n) is 7.19. The third-order valence-electron chi connectivity index (χ3n) is 5.02. The molecule has 6 nitrogen and oxygen atoms in total. The normalized spacial score (nSPS) is 14.6. The van der Waals surface area contributed by atoms with E-state index in [0.29, 0.717) is 12.6 Å². The second-order valence-corrected chi connectivity index (χ2v) is 7.19. The molecule has 0 spiro atoms. The van der Waals surface area contributed by atoms with E-state index in [1.165, 1.54) is 12.8 Å². The van der Waals surface area contributed by atoms with Gasteiger partial charge in [-0.15, -0.1) is 0 Å². The van der Waals surface area contributed by atoms with Gasteiger partial charge in [0.15, 0.2) is 5.96 Å². The van der Waals surface area contributed by atoms with E-state index >= 15 is 0 Å². The van der Waals surface area contributed by atoms with Gasteiger partial charge in [-0.05, 0) is 56.9 Å². The molecular weight excluding hydrogens is 364 g/mol. The zero-order valence-corrected chi connectivity index (χ0v) is 17.5. The van der Waals surface area contributed by atoms with E-state index in [2.05, 4.69) is 22.5 Å². The minimum Gasteiger partial charge on any atom is -0.497 e. The molecular formula is C23H32N4O2. The summed E-state index contributed by atoms with van der Waals surface area (Å²) >= 11 is 0. The fourth-order valence-electron chi connectivity index (χ4n) is 3.45. The SMILES string of the molecule is CCNC(=NCc1ccc(OC)cc1OC1CCCC1)NCCc1ccccn1. The Morgan fingerprint density at radius 2 is 2.03 bits per heavy atom. The zero-order valence-electron chi connectivity index (χ0n) is 17.5. The van der Waals surface area contributed by atoms with Crippen LogP contribution in [0.2, 0.25) is 0 Å². The molecule has 1 aliphatic rings. The summed E-state index contributed by atoms with van der Waals surface area (Å²) in [7, 11) is 1.68. The third-order valence-corrected chi connectivity index (χ3v) is 5.02. The van der Waals surface area contributed by atoms with E-state index in [-0.39, 0.29) is 0 Å². The van der Waals surface area contributed by atoms with Crippen LogP contribution in [0.1, 0.15) is 43.9 Å². The van der Waals surface area contributed by atoms with Crippen molar-refractivity contribution in [2.45, 2.75) is 51.7 Å². The highest BCUT2D eigenvalue weighted by Gasteiger charge is 2.18. The molecule has 0 radical (unpaired) electrons. The lowest BCUT2D eigenvalue weighted by atomic mass is 10.2. The van der Waals surface area contributed by atoms with Gasteiger partial charge in [-0.2, -0.15) is 0 Å². The van der Waals surface area contributed by atoms with E-state index in [4.69, 9.17) is 14.5 Å². The highest BCUT2D eigenvalue weighted by Crippen LogP contribution is 2.30. The van der Waals surface area contributed by atoms with Gasteiger partial charge in [-0.25, -0.2) is 4.99 Å². The number of aromatic nitrogens is 1. The van der Waals surface area contributed by atoms with Gasteiger partial charge in [-0.1, -0.05) is 6.07 Å². The first-order chi connectivity index (χ1) is 14.3. The Kier molecular flexibility index (Phi) is 8.16. The average molecular weight is 397 g/mol. The third kappa shape index (κ3) is 6.66. The topological polar surface area (TPSA) is 67.8 Å². The number of hydrogen-bond donors (Lipinski definition) is 2. The lowest BCUT2D eigenvalue weighted by Crippen LogP contribution is -2.38. The van der Waals surface area contributed by atoms with Gasteiger partial charge in [-0.3, -0.25) is 4.98 Å². The maximum atomic E-state index is 6.28. The fourth-order valence-corrected chi connectivity index (χ4v) is 3.45. The summed E-state index contributed by atoms with van der Waals surface area (Å²) in [5.74, 6) is 2.49. The van der Waals surface area contributed by atoms with E-state index in [9.17, 15) is 0 Å². The van der Waals surface area contributed by atoms with Crippen LogP contribution in [0.4, 0.5) is 0 Å². The number of pyridine rings is 1. The molecule has 29 heavy (non-hydrogen) atoms. The molecule has 0 saturated heterocycles. The van der Waals surface area contributed by atoms with Gasteiger partial charge >= 0.3 is 0 Å². The van der Waals surface area contributed by atoms with Crippen molar-refractivity contribution in [2.24, 2.45) is 4.99 Å². The van der Waals surface area contributed by atoms with Crippen LogP contribution in [0.25, 0.3) is 0 Å². The van der Waals surface area contributed by atoms with Crippen molar-refractivity contribution in [2.75, 3.05) is 20.2 Å². The number of hydrogen-bond acceptors (Lipinski definition) is 4. The summed E-state index contributed by atoms with van der Waals surface area (Å²) in [6.07, 6.45) is 7.71. The molecule has 1 aromatic carbocycles. The Morgan fingerprint density at radius 1 is 1.17 bits per heavy atom. The minimum atomic E-state index is 0.301. The number of benzene rings is 1. The molecule has 1 heterocycles. The lowest BCUT2D eigenvalue weighted by molar-refractivity contribution is 0.207. The van der Waals surface area contributed by atoms with Crippen molar-refractivity contribution in [3.63, 3.8) is 0 Å². The number of methoxy groups -OCH3 is 1. The van der Waals surface area contributed by atoms with Crippen molar-refractivity contribution in [3.05, 3.63) is 53.9 Å². The Bertz CT molecular complexity index is 774. The summed E-state index contributed by atoms with van der Waals surface area (Å²) in [4.78, 5) is 9.12. The van der Waals surface area contributed by atoms with Gasteiger partial charge in [0, 0.05) is 43.0 Å². The monoisotopic (exact) mass is 396 g/mol. The molecule has 0 aliphatic heterocycles. The van der Waals surface area contributed by atoms with Crippen LogP contribution < -0.4 is 20.1 Å². The van der Waals surface area contributed by atoms with E-state index in [1.54, 1.807) is 7.11 Å². The largest absolute Gasteiger partial charge is 0.497 e. The van der Waals surface area contributed by atoms with Gasteiger partial charge < -0.3 is 20.1 Å². The van der Waals surface area contributed by atoms with Gasteiger partial charge in [0.25, 0.3) is 0 Å². The first kappa shape index (κ1) is 21.0. The number of nitrogens with zero attached hydrogens (tertiary/aromatic N) is 2. The van der Waals surface area contributed by atoms with Gasteiger partial charge in [0.2, 0.25) is 0 Å². The van der Waals surface area contributed by atoms with Crippen LogP contribution in [-0.4, -0.2) is 37.2 Å². The standard InChI is InChI=1S/C23H32N4O2/c1-3-24-23(26-15-13-19-8-6-7-14-25-19)27-17-18-11-12-21(28-2)16-22(18)29-20-9-4-5-10-20/h6-8,11-12,14,16,20H,3-5,9-10,13,15,17H2,1-2H3,(H2,24,26,27). The Morgan fingerprint density at radius 3 is 2.76 bits per heavy atom. The van der Waals surface area contributed by atoms with Crippen molar-refractivity contribution < 1.29 is 9.47 Å². The average Bonchev–Trinajstić information content (AvgIpc) is 3.26. The van der Waals surface area contributed by atoms with Crippen molar-refractivity contribution >= 4 is 5.96 Å². The van der Waals surface area contributed by atoms with E-state index in [1.807, 2.05) is 42.6 Å². The smallest absolute Gasteiger partial charge is 0.191 e. The molecule has 3 rings (SSSR count). The molecule has 1 fully saturated rings. The summed E-state index contributed by atoms with van der Waals surface area (Å²) in [5.41, 5.74) is 2.14. The van der Waals surface area contributed by atoms with Crippen LogP contribution in [0, 0.1) is 0 Å². The molecule has 0 atom stereocenters. The highest BCUT2D eigenvalue weighted by atomic mass is 16.5. The number of rotatable bonds is 9. The first-order valence-electron chi connectivity index (χ1n) is 10.5. The Hall–Kier alpha value is -2.76. The quantitative estimate of drug-likeness (QED) is 0.500. The van der Waals surface area contributed by atoms with Crippen LogP contribution in [0.5, 0.6) is 11.5 Å². The molecule has 156 valence electrons. The molecule has 1 aromatic heterocycles. The number of nitrogens with one attached hydrogen (secondary N) is 2. The number of guanidine groups is 1. The maximum Gasteiger partial charge on any atom is 0.191 e. The van der Waals surface area contributed by atoms with E-state index < -0.39 is 0 Å². The molecule has 1 saturated carbocycles. The molecule has 0 amide bonds. The van der Waals surface area contributed by atoms with E-state index in [0.717, 1.165) is 61.1 Å².